The Bertz CT molecular complexity index is 352. The lowest BCUT2D eigenvalue weighted by Crippen LogP contribution is -2.09. The van der Waals surface area contributed by atoms with Crippen molar-refractivity contribution in [3.8, 4) is 0 Å². The summed E-state index contributed by atoms with van der Waals surface area (Å²) < 4.78 is 4.47. The summed E-state index contributed by atoms with van der Waals surface area (Å²) in [5, 5.41) is 0.259. The summed E-state index contributed by atoms with van der Waals surface area (Å²) in [4.78, 5) is 14.9. The number of pyridine rings is 1. The van der Waals surface area contributed by atoms with E-state index in [-0.39, 0.29) is 16.5 Å². The van der Waals surface area contributed by atoms with Crippen LogP contribution in [0.1, 0.15) is 16.1 Å². The van der Waals surface area contributed by atoms with Crippen molar-refractivity contribution >= 4 is 23.3 Å². The van der Waals surface area contributed by atoms with Gasteiger partial charge in [-0.1, -0.05) is 11.6 Å². The molecule has 1 aromatic heterocycles. The van der Waals surface area contributed by atoms with Crippen LogP contribution < -0.4 is 5.73 Å². The maximum Gasteiger partial charge on any atom is 0.358 e. The van der Waals surface area contributed by atoms with Crippen molar-refractivity contribution in [2.45, 2.75) is 6.92 Å². The zero-order valence-electron chi connectivity index (χ0n) is 7.30. The van der Waals surface area contributed by atoms with Crippen molar-refractivity contribution in [3.63, 3.8) is 0 Å². The van der Waals surface area contributed by atoms with Gasteiger partial charge in [0.15, 0.2) is 5.69 Å². The first-order valence-electron chi connectivity index (χ1n) is 3.57. The van der Waals surface area contributed by atoms with Crippen molar-refractivity contribution in [1.82, 2.24) is 4.98 Å². The number of nitrogens with two attached hydrogens (primary N) is 1. The predicted molar refractivity (Wildman–Crippen MR) is 49.7 cm³/mol. The van der Waals surface area contributed by atoms with Crippen LogP contribution in [0.4, 0.5) is 5.69 Å². The minimum Gasteiger partial charge on any atom is -0.464 e. The molecule has 0 spiro atoms. The lowest BCUT2D eigenvalue weighted by molar-refractivity contribution is 0.0595. The molecular weight excluding hydrogens is 192 g/mol. The first-order valence-corrected chi connectivity index (χ1v) is 3.95. The minimum absolute atomic E-state index is 0.0538. The van der Waals surface area contributed by atoms with Crippen LogP contribution in [0.25, 0.3) is 0 Å². The van der Waals surface area contributed by atoms with E-state index >= 15 is 0 Å². The van der Waals surface area contributed by atoms with Crippen LogP contribution in [0.15, 0.2) is 6.07 Å². The minimum atomic E-state index is -0.584. The van der Waals surface area contributed by atoms with Gasteiger partial charge in [-0.05, 0) is 18.6 Å². The lowest BCUT2D eigenvalue weighted by atomic mass is 10.2. The summed E-state index contributed by atoms with van der Waals surface area (Å²) in [5.74, 6) is -0.584. The normalized spacial score (nSPS) is 9.77. The van der Waals surface area contributed by atoms with Crippen LogP contribution in [0, 0.1) is 6.92 Å². The monoisotopic (exact) mass is 200 g/mol. The number of hydrogen-bond acceptors (Lipinski definition) is 4. The molecule has 70 valence electrons. The number of hydrogen-bond donors (Lipinski definition) is 1. The van der Waals surface area contributed by atoms with E-state index in [9.17, 15) is 4.79 Å². The molecule has 0 saturated carbocycles. The number of nitrogens with zero attached hydrogens (tertiary/aromatic N) is 1. The van der Waals surface area contributed by atoms with Gasteiger partial charge >= 0.3 is 5.97 Å². The number of aromatic nitrogens is 1. The highest BCUT2D eigenvalue weighted by atomic mass is 35.5. The quantitative estimate of drug-likeness (QED) is 0.550. The molecule has 0 fully saturated rings. The van der Waals surface area contributed by atoms with Gasteiger partial charge in [0.05, 0.1) is 12.8 Å². The summed E-state index contributed by atoms with van der Waals surface area (Å²) >= 11 is 5.71. The van der Waals surface area contributed by atoms with Crippen molar-refractivity contribution in [2.75, 3.05) is 12.8 Å². The van der Waals surface area contributed by atoms with Gasteiger partial charge in [0.2, 0.25) is 0 Å². The maximum absolute atomic E-state index is 11.1. The maximum atomic E-state index is 11.1. The number of halogens is 1. The van der Waals surface area contributed by atoms with Gasteiger partial charge in [-0.2, -0.15) is 0 Å². The number of aryl methyl sites for hydroxylation is 1. The molecule has 0 aliphatic carbocycles. The SMILES string of the molecule is COC(=O)c1nc(Cl)c(C)cc1N. The van der Waals surface area contributed by atoms with E-state index < -0.39 is 5.97 Å². The van der Waals surface area contributed by atoms with Gasteiger partial charge in [0, 0.05) is 0 Å². The third-order valence-corrected chi connectivity index (χ3v) is 1.94. The van der Waals surface area contributed by atoms with E-state index in [2.05, 4.69) is 9.72 Å². The average Bonchev–Trinajstić information content (AvgIpc) is 2.10. The number of anilines is 1. The Labute approximate surface area is 80.7 Å². The Morgan fingerprint density at radius 3 is 2.85 bits per heavy atom. The van der Waals surface area contributed by atoms with E-state index in [1.54, 1.807) is 13.0 Å². The van der Waals surface area contributed by atoms with E-state index in [1.165, 1.54) is 7.11 Å². The number of carbonyl (C=O) groups excluding carboxylic acids is 1. The second-order valence-corrected chi connectivity index (χ2v) is 2.88. The van der Waals surface area contributed by atoms with Crippen molar-refractivity contribution in [1.29, 1.82) is 0 Å². The highest BCUT2D eigenvalue weighted by molar-refractivity contribution is 6.30. The van der Waals surface area contributed by atoms with Crippen LogP contribution in [-0.2, 0) is 4.74 Å². The van der Waals surface area contributed by atoms with E-state index in [0.717, 1.165) is 5.56 Å². The fourth-order valence-electron chi connectivity index (χ4n) is 0.872. The smallest absolute Gasteiger partial charge is 0.358 e. The molecule has 0 atom stereocenters. The number of methoxy groups -OCH3 is 1. The Balaban J connectivity index is 3.23. The number of esters is 1. The molecule has 1 heterocycles. The van der Waals surface area contributed by atoms with Gasteiger partial charge in [-0.25, -0.2) is 9.78 Å². The predicted octanol–water partition coefficient (Wildman–Crippen LogP) is 1.41. The molecule has 0 aliphatic rings. The van der Waals surface area contributed by atoms with E-state index in [4.69, 9.17) is 17.3 Å². The van der Waals surface area contributed by atoms with E-state index in [0.29, 0.717) is 0 Å². The summed E-state index contributed by atoms with van der Waals surface area (Å²) in [5.41, 5.74) is 6.60. The molecule has 1 rings (SSSR count). The van der Waals surface area contributed by atoms with E-state index in [1.807, 2.05) is 0 Å². The molecule has 0 saturated heterocycles. The number of carbonyl (C=O) groups is 1. The number of rotatable bonds is 1. The van der Waals surface area contributed by atoms with Gasteiger partial charge in [0.1, 0.15) is 5.15 Å². The van der Waals surface area contributed by atoms with Crippen molar-refractivity contribution < 1.29 is 9.53 Å². The Hall–Kier alpha value is -1.29. The summed E-state index contributed by atoms with van der Waals surface area (Å²) in [6.07, 6.45) is 0. The van der Waals surface area contributed by atoms with Crippen LogP contribution in [0.2, 0.25) is 5.15 Å². The van der Waals surface area contributed by atoms with Gasteiger partial charge in [-0.15, -0.1) is 0 Å². The molecule has 2 N–H and O–H groups in total. The molecule has 5 heteroatoms. The van der Waals surface area contributed by atoms with Gasteiger partial charge in [0.25, 0.3) is 0 Å². The fourth-order valence-corrected chi connectivity index (χ4v) is 1.01. The number of ether oxygens (including phenoxy) is 1. The van der Waals surface area contributed by atoms with Gasteiger partial charge < -0.3 is 10.5 Å². The summed E-state index contributed by atoms with van der Waals surface area (Å²) in [6.45, 7) is 1.76. The Kier molecular flexibility index (Phi) is 2.72. The molecule has 13 heavy (non-hydrogen) atoms. The molecule has 0 radical (unpaired) electrons. The molecule has 1 aromatic rings. The third kappa shape index (κ3) is 1.89. The molecular formula is C8H9ClN2O2. The van der Waals surface area contributed by atoms with Crippen molar-refractivity contribution in [3.05, 3.63) is 22.5 Å². The van der Waals surface area contributed by atoms with Crippen LogP contribution in [-0.4, -0.2) is 18.1 Å². The van der Waals surface area contributed by atoms with Crippen LogP contribution in [0.3, 0.4) is 0 Å². The highest BCUT2D eigenvalue weighted by Crippen LogP contribution is 2.18. The Morgan fingerprint density at radius 2 is 2.31 bits per heavy atom. The second-order valence-electron chi connectivity index (χ2n) is 2.53. The molecule has 4 nitrogen and oxygen atoms in total. The summed E-state index contributed by atoms with van der Waals surface area (Å²) in [7, 11) is 1.26. The molecule has 0 aliphatic heterocycles. The third-order valence-electron chi connectivity index (χ3n) is 1.56. The van der Waals surface area contributed by atoms with Crippen molar-refractivity contribution in [2.24, 2.45) is 0 Å². The van der Waals surface area contributed by atoms with Crippen LogP contribution >= 0.6 is 11.6 Å². The standard InChI is InChI=1S/C8H9ClN2O2/c1-4-3-5(10)6(8(12)13-2)11-7(4)9/h3H,10H2,1-2H3. The first kappa shape index (κ1) is 9.80. The van der Waals surface area contributed by atoms with Gasteiger partial charge in [-0.3, -0.25) is 0 Å². The summed E-state index contributed by atoms with van der Waals surface area (Å²) in [6, 6.07) is 1.58. The molecule has 0 aromatic carbocycles. The first-order chi connectivity index (χ1) is 6.06. The van der Waals surface area contributed by atoms with Crippen LogP contribution in [0.5, 0.6) is 0 Å². The zero-order valence-corrected chi connectivity index (χ0v) is 8.05. The highest BCUT2D eigenvalue weighted by Gasteiger charge is 2.13. The topological polar surface area (TPSA) is 65.2 Å². The second kappa shape index (κ2) is 3.62. The Morgan fingerprint density at radius 1 is 1.69 bits per heavy atom. The molecule has 0 amide bonds. The largest absolute Gasteiger partial charge is 0.464 e. The molecule has 0 bridgehead atoms. The average molecular weight is 201 g/mol. The lowest BCUT2D eigenvalue weighted by Gasteiger charge is -2.04. The zero-order chi connectivity index (χ0) is 10.0. The number of nitrogen functional groups attached to an aromatic ring is 1. The fraction of sp³-hybridized carbons (Fsp3) is 0.250. The molecule has 0 unspecified atom stereocenters.